The molecular formula is C25H20FN3O3S. The molecule has 6 nitrogen and oxygen atoms in total. The van der Waals surface area contributed by atoms with Crippen molar-refractivity contribution >= 4 is 23.0 Å². The Bertz CT molecular complexity index is 1290. The Kier molecular flexibility index (Phi) is 7.09. The lowest BCUT2D eigenvalue weighted by atomic mass is 10.1. The van der Waals surface area contributed by atoms with Crippen LogP contribution in [0.5, 0.6) is 0 Å². The number of amides is 1. The van der Waals surface area contributed by atoms with Gasteiger partial charge in [-0.3, -0.25) is 9.78 Å². The fourth-order valence-corrected chi connectivity index (χ4v) is 4.42. The predicted octanol–water partition coefficient (Wildman–Crippen LogP) is 4.32. The van der Waals surface area contributed by atoms with Gasteiger partial charge < -0.3 is 10.2 Å². The maximum Gasteiger partial charge on any atom is 0.277 e. The van der Waals surface area contributed by atoms with Crippen LogP contribution < -0.4 is 0 Å². The summed E-state index contributed by atoms with van der Waals surface area (Å²) in [6.07, 6.45) is 1.90. The molecule has 0 aliphatic heterocycles. The van der Waals surface area contributed by atoms with Gasteiger partial charge in [0.2, 0.25) is 0 Å². The zero-order valence-electron chi connectivity index (χ0n) is 17.5. The van der Waals surface area contributed by atoms with E-state index >= 15 is 0 Å². The Hall–Kier alpha value is -3.59. The van der Waals surface area contributed by atoms with Gasteiger partial charge in [-0.15, -0.1) is 11.3 Å². The van der Waals surface area contributed by atoms with E-state index in [2.05, 4.69) is 15.0 Å². The van der Waals surface area contributed by atoms with E-state index in [-0.39, 0.29) is 25.5 Å². The molecule has 4 rings (SSSR count). The van der Waals surface area contributed by atoms with Crippen molar-refractivity contribution in [2.45, 2.75) is 13.0 Å². The van der Waals surface area contributed by atoms with Crippen LogP contribution in [0.2, 0.25) is 0 Å². The molecular weight excluding hydrogens is 441 g/mol. The smallest absolute Gasteiger partial charge is 0.277 e. The second kappa shape index (κ2) is 10.4. The fraction of sp³-hybridized carbons (Fsp3) is 0.120. The minimum atomic E-state index is -0.505. The largest absolute Gasteiger partial charge is 0.390 e. The van der Waals surface area contributed by atoms with Gasteiger partial charge >= 0.3 is 0 Å². The highest BCUT2D eigenvalue weighted by Gasteiger charge is 2.19. The first kappa shape index (κ1) is 22.6. The van der Waals surface area contributed by atoms with Crippen molar-refractivity contribution in [3.63, 3.8) is 0 Å². The molecule has 33 heavy (non-hydrogen) atoms. The Morgan fingerprint density at radius 2 is 1.76 bits per heavy atom. The minimum absolute atomic E-state index is 0.256. The molecule has 166 valence electrons. The number of nitrogens with zero attached hydrogens (tertiary/aromatic N) is 3. The molecule has 2 aromatic heterocycles. The number of benzene rings is 2. The molecule has 0 aliphatic carbocycles. The number of halogens is 1. The van der Waals surface area contributed by atoms with Crippen molar-refractivity contribution in [2.75, 3.05) is 6.61 Å². The van der Waals surface area contributed by atoms with Gasteiger partial charge in [-0.1, -0.05) is 36.4 Å². The molecule has 1 amide bonds. The normalized spacial score (nSPS) is 11.5. The first-order valence-electron chi connectivity index (χ1n) is 10.2. The number of thiazole rings is 1. The topological polar surface area (TPSA) is 95.7 Å². The summed E-state index contributed by atoms with van der Waals surface area (Å²) in [6, 6.07) is 18.3. The molecule has 4 aromatic rings. The van der Waals surface area contributed by atoms with Crippen LogP contribution in [0.15, 0.2) is 77.9 Å². The molecule has 0 radical (unpaired) electrons. The van der Waals surface area contributed by atoms with Crippen molar-refractivity contribution in [3.05, 3.63) is 95.7 Å². The molecule has 8 heteroatoms. The number of hydrogen-bond acceptors (Lipinski definition) is 6. The summed E-state index contributed by atoms with van der Waals surface area (Å²) in [6.45, 7) is -0.665. The van der Waals surface area contributed by atoms with Gasteiger partial charge in [0.1, 0.15) is 10.8 Å². The molecule has 0 spiro atoms. The average molecular weight is 462 g/mol. The number of carbonyl (C=O) groups excluding carboxylic acids is 1. The number of rotatable bonds is 7. The molecule has 0 fully saturated rings. The van der Waals surface area contributed by atoms with Crippen LogP contribution in [0.25, 0.3) is 21.0 Å². The number of carbonyl (C=O) groups is 1. The van der Waals surface area contributed by atoms with E-state index < -0.39 is 5.91 Å². The third-order valence-corrected chi connectivity index (χ3v) is 6.07. The fourth-order valence-electron chi connectivity index (χ4n) is 3.30. The van der Waals surface area contributed by atoms with Crippen LogP contribution in [0.1, 0.15) is 21.7 Å². The lowest BCUT2D eigenvalue weighted by molar-refractivity contribution is 0.100. The van der Waals surface area contributed by atoms with Crippen LogP contribution in [0, 0.1) is 5.82 Å². The summed E-state index contributed by atoms with van der Waals surface area (Å²) < 4.78 is 13.3. The summed E-state index contributed by atoms with van der Waals surface area (Å²) >= 11 is 1.30. The number of hydrogen-bond donors (Lipinski definition) is 2. The van der Waals surface area contributed by atoms with E-state index in [4.69, 9.17) is 0 Å². The van der Waals surface area contributed by atoms with Crippen molar-refractivity contribution < 1.29 is 19.4 Å². The third kappa shape index (κ3) is 5.25. The molecule has 0 bridgehead atoms. The Labute approximate surface area is 193 Å². The van der Waals surface area contributed by atoms with E-state index in [1.54, 1.807) is 54.7 Å². The molecule has 0 saturated heterocycles. The lowest BCUT2D eigenvalue weighted by Gasteiger charge is -2.06. The number of pyridine rings is 1. The van der Waals surface area contributed by atoms with Crippen LogP contribution in [-0.4, -0.2) is 38.4 Å². The van der Waals surface area contributed by atoms with Crippen molar-refractivity contribution in [1.29, 1.82) is 0 Å². The zero-order valence-corrected chi connectivity index (χ0v) is 18.3. The van der Waals surface area contributed by atoms with E-state index in [1.165, 1.54) is 23.5 Å². The number of aliphatic hydroxyl groups is 2. The standard InChI is InChI=1S/C25H20FN3O3S/c26-17-10-8-16(9-11-17)23-22(15-31)29-25(33-23)21-7-2-1-6-20(21)24(32)28-19(14-30)13-18-5-3-4-12-27-18/h1-12,30-31H,13-15H2. The molecule has 2 aromatic carbocycles. The highest BCUT2D eigenvalue weighted by atomic mass is 32.1. The first-order valence-corrected chi connectivity index (χ1v) is 11.0. The molecule has 0 unspecified atom stereocenters. The highest BCUT2D eigenvalue weighted by molar-refractivity contribution is 7.18. The number of aliphatic imine (C=N–C) groups is 1. The zero-order chi connectivity index (χ0) is 23.2. The minimum Gasteiger partial charge on any atom is -0.390 e. The molecule has 2 heterocycles. The van der Waals surface area contributed by atoms with Crippen molar-refractivity contribution in [3.8, 4) is 21.0 Å². The third-order valence-electron chi connectivity index (χ3n) is 4.89. The van der Waals surface area contributed by atoms with Gasteiger partial charge in [0, 0.05) is 23.9 Å². The molecule has 0 saturated carbocycles. The quantitative estimate of drug-likeness (QED) is 0.400. The van der Waals surface area contributed by atoms with Gasteiger partial charge in [0.25, 0.3) is 5.91 Å². The van der Waals surface area contributed by atoms with Crippen molar-refractivity contribution in [1.82, 2.24) is 9.97 Å². The second-order valence-corrected chi connectivity index (χ2v) is 8.14. The average Bonchev–Trinajstić information content (AvgIpc) is 3.29. The molecule has 0 atom stereocenters. The van der Waals surface area contributed by atoms with E-state index in [0.29, 0.717) is 38.1 Å². The number of aromatic nitrogens is 2. The summed E-state index contributed by atoms with van der Waals surface area (Å²) in [5.41, 5.74) is 3.06. The number of aliphatic hydroxyl groups excluding tert-OH is 2. The van der Waals surface area contributed by atoms with Crippen LogP contribution >= 0.6 is 11.3 Å². The first-order chi connectivity index (χ1) is 16.1. The van der Waals surface area contributed by atoms with Gasteiger partial charge in [-0.05, 0) is 35.9 Å². The van der Waals surface area contributed by atoms with Crippen LogP contribution in [0.3, 0.4) is 0 Å². The van der Waals surface area contributed by atoms with Gasteiger partial charge in [0.15, 0.2) is 0 Å². The monoisotopic (exact) mass is 461 g/mol. The summed E-state index contributed by atoms with van der Waals surface area (Å²) in [5.74, 6) is -0.858. The summed E-state index contributed by atoms with van der Waals surface area (Å²) in [4.78, 5) is 26.6. The van der Waals surface area contributed by atoms with Crippen LogP contribution in [-0.2, 0) is 13.0 Å². The SMILES string of the molecule is O=C(N=C(CO)Cc1ccccn1)c1ccccc1-c1nc(CO)c(-c2ccc(F)cc2)s1. The van der Waals surface area contributed by atoms with Gasteiger partial charge in [-0.25, -0.2) is 14.4 Å². The van der Waals surface area contributed by atoms with Gasteiger partial charge in [-0.2, -0.15) is 0 Å². The maximum absolute atomic E-state index is 13.3. The second-order valence-electron chi connectivity index (χ2n) is 7.14. The lowest BCUT2D eigenvalue weighted by Crippen LogP contribution is -2.13. The van der Waals surface area contributed by atoms with E-state index in [9.17, 15) is 19.4 Å². The van der Waals surface area contributed by atoms with Gasteiger partial charge in [0.05, 0.1) is 35.1 Å². The van der Waals surface area contributed by atoms with Crippen molar-refractivity contribution in [2.24, 2.45) is 4.99 Å². The summed E-state index contributed by atoms with van der Waals surface area (Å²) in [5, 5.41) is 20.1. The predicted molar refractivity (Wildman–Crippen MR) is 126 cm³/mol. The Morgan fingerprint density at radius 3 is 2.45 bits per heavy atom. The highest BCUT2D eigenvalue weighted by Crippen LogP contribution is 2.37. The van der Waals surface area contributed by atoms with E-state index in [0.717, 1.165) is 5.56 Å². The Morgan fingerprint density at radius 1 is 1.00 bits per heavy atom. The molecule has 2 N–H and O–H groups in total. The maximum atomic E-state index is 13.3. The van der Waals surface area contributed by atoms with Crippen LogP contribution in [0.4, 0.5) is 4.39 Å². The van der Waals surface area contributed by atoms with E-state index in [1.807, 2.05) is 6.07 Å². The Balaban J connectivity index is 1.69. The molecule has 0 aliphatic rings. The summed E-state index contributed by atoms with van der Waals surface area (Å²) in [7, 11) is 0.